The van der Waals surface area contributed by atoms with Gasteiger partial charge in [0, 0.05) is 23.9 Å². The normalized spacial score (nSPS) is 10.2. The number of rotatable bonds is 7. The number of thioether (sulfide) groups is 1. The van der Waals surface area contributed by atoms with Crippen LogP contribution in [0.5, 0.6) is 0 Å². The molecule has 0 aliphatic heterocycles. The zero-order valence-electron chi connectivity index (χ0n) is 10.2. The lowest BCUT2D eigenvalue weighted by atomic mass is 10.1. The Morgan fingerprint density at radius 3 is 2.82 bits per heavy atom. The number of nitrogens with one attached hydrogen (secondary N) is 1. The van der Waals surface area contributed by atoms with Crippen LogP contribution < -0.4 is 5.32 Å². The molecule has 4 nitrogen and oxygen atoms in total. The SMILES string of the molecule is CCc1ccc(NCCCSC)cc1[N+](=O)[O-]. The molecule has 1 N–H and O–H groups in total. The van der Waals surface area contributed by atoms with E-state index in [1.807, 2.05) is 19.1 Å². The molecule has 0 bridgehead atoms. The summed E-state index contributed by atoms with van der Waals surface area (Å²) in [7, 11) is 0. The topological polar surface area (TPSA) is 55.2 Å². The highest BCUT2D eigenvalue weighted by Crippen LogP contribution is 2.23. The van der Waals surface area contributed by atoms with Crippen LogP contribution in [0.15, 0.2) is 18.2 Å². The summed E-state index contributed by atoms with van der Waals surface area (Å²) in [5, 5.41) is 14.1. The molecule has 5 heteroatoms. The Hall–Kier alpha value is -1.23. The Labute approximate surface area is 106 Å². The molecule has 0 aromatic heterocycles. The monoisotopic (exact) mass is 254 g/mol. The average molecular weight is 254 g/mol. The van der Waals surface area contributed by atoms with Gasteiger partial charge in [-0.05, 0) is 30.9 Å². The summed E-state index contributed by atoms with van der Waals surface area (Å²) >= 11 is 1.80. The van der Waals surface area contributed by atoms with Gasteiger partial charge in [0.05, 0.1) is 4.92 Å². The quantitative estimate of drug-likeness (QED) is 0.460. The minimum Gasteiger partial charge on any atom is -0.385 e. The number of aryl methyl sites for hydroxylation is 1. The van der Waals surface area contributed by atoms with E-state index < -0.39 is 0 Å². The van der Waals surface area contributed by atoms with Crippen LogP contribution >= 0.6 is 11.8 Å². The molecule has 1 aromatic rings. The number of anilines is 1. The summed E-state index contributed by atoms with van der Waals surface area (Å²) < 4.78 is 0. The molecule has 1 aromatic carbocycles. The van der Waals surface area contributed by atoms with Crippen LogP contribution in [0.3, 0.4) is 0 Å². The predicted octanol–water partition coefficient (Wildman–Crippen LogP) is 3.32. The van der Waals surface area contributed by atoms with Crippen molar-refractivity contribution in [1.29, 1.82) is 0 Å². The van der Waals surface area contributed by atoms with E-state index in [-0.39, 0.29) is 10.6 Å². The molecule has 0 spiro atoms. The largest absolute Gasteiger partial charge is 0.385 e. The maximum Gasteiger partial charge on any atom is 0.274 e. The minimum absolute atomic E-state index is 0.211. The van der Waals surface area contributed by atoms with E-state index in [0.717, 1.165) is 30.0 Å². The first-order valence-corrected chi connectivity index (χ1v) is 7.08. The van der Waals surface area contributed by atoms with E-state index in [2.05, 4.69) is 11.6 Å². The lowest BCUT2D eigenvalue weighted by molar-refractivity contribution is -0.385. The van der Waals surface area contributed by atoms with Crippen molar-refractivity contribution in [2.45, 2.75) is 19.8 Å². The van der Waals surface area contributed by atoms with Crippen molar-refractivity contribution >= 4 is 23.1 Å². The molecule has 0 aliphatic rings. The Morgan fingerprint density at radius 1 is 1.47 bits per heavy atom. The fraction of sp³-hybridized carbons (Fsp3) is 0.500. The number of nitro groups is 1. The fourth-order valence-corrected chi connectivity index (χ4v) is 2.02. The number of nitro benzene ring substituents is 1. The van der Waals surface area contributed by atoms with Gasteiger partial charge < -0.3 is 5.32 Å². The van der Waals surface area contributed by atoms with Gasteiger partial charge in [0.2, 0.25) is 0 Å². The number of nitrogens with zero attached hydrogens (tertiary/aromatic N) is 1. The molecule has 1 rings (SSSR count). The summed E-state index contributed by atoms with van der Waals surface area (Å²) in [6, 6.07) is 5.36. The predicted molar refractivity (Wildman–Crippen MR) is 74.0 cm³/mol. The molecule has 0 saturated carbocycles. The van der Waals surface area contributed by atoms with Gasteiger partial charge in [-0.15, -0.1) is 0 Å². The second-order valence-corrected chi connectivity index (χ2v) is 4.71. The lowest BCUT2D eigenvalue weighted by Crippen LogP contribution is -2.03. The van der Waals surface area contributed by atoms with Gasteiger partial charge in [-0.2, -0.15) is 11.8 Å². The van der Waals surface area contributed by atoms with Crippen LogP contribution in [0.1, 0.15) is 18.9 Å². The lowest BCUT2D eigenvalue weighted by Gasteiger charge is -2.07. The second-order valence-electron chi connectivity index (χ2n) is 3.73. The molecule has 0 amide bonds. The van der Waals surface area contributed by atoms with Crippen molar-refractivity contribution in [2.24, 2.45) is 0 Å². The summed E-state index contributed by atoms with van der Waals surface area (Å²) in [5.74, 6) is 1.10. The molecule has 94 valence electrons. The maximum atomic E-state index is 10.9. The van der Waals surface area contributed by atoms with Gasteiger partial charge in [-0.3, -0.25) is 10.1 Å². The smallest absolute Gasteiger partial charge is 0.274 e. The molecule has 0 unspecified atom stereocenters. The van der Waals surface area contributed by atoms with Crippen LogP contribution in [-0.4, -0.2) is 23.5 Å². The summed E-state index contributed by atoms with van der Waals surface area (Å²) in [5.41, 5.74) is 1.82. The van der Waals surface area contributed by atoms with E-state index in [1.165, 1.54) is 0 Å². The molecule has 0 aliphatic carbocycles. The van der Waals surface area contributed by atoms with E-state index in [0.29, 0.717) is 6.42 Å². The molecule has 0 heterocycles. The maximum absolute atomic E-state index is 10.9. The highest BCUT2D eigenvalue weighted by Gasteiger charge is 2.12. The van der Waals surface area contributed by atoms with E-state index in [9.17, 15) is 10.1 Å². The van der Waals surface area contributed by atoms with Gasteiger partial charge >= 0.3 is 0 Å². The highest BCUT2D eigenvalue weighted by molar-refractivity contribution is 7.98. The fourth-order valence-electron chi connectivity index (χ4n) is 1.59. The third-order valence-corrected chi connectivity index (χ3v) is 3.21. The molecule has 0 atom stereocenters. The van der Waals surface area contributed by atoms with Gasteiger partial charge in [-0.1, -0.05) is 13.0 Å². The molecule has 17 heavy (non-hydrogen) atoms. The summed E-state index contributed by atoms with van der Waals surface area (Å²) in [6.45, 7) is 2.78. The first-order chi connectivity index (χ1) is 8.19. The number of hydrogen-bond acceptors (Lipinski definition) is 4. The van der Waals surface area contributed by atoms with Crippen LogP contribution in [0.2, 0.25) is 0 Å². The van der Waals surface area contributed by atoms with Crippen LogP contribution in [0, 0.1) is 10.1 Å². The van der Waals surface area contributed by atoms with E-state index in [1.54, 1.807) is 17.8 Å². The first kappa shape index (κ1) is 13.8. The van der Waals surface area contributed by atoms with Gasteiger partial charge in [0.15, 0.2) is 0 Å². The van der Waals surface area contributed by atoms with Crippen molar-refractivity contribution in [2.75, 3.05) is 23.9 Å². The van der Waals surface area contributed by atoms with Crippen molar-refractivity contribution < 1.29 is 4.92 Å². The van der Waals surface area contributed by atoms with Crippen LogP contribution in [0.25, 0.3) is 0 Å². The van der Waals surface area contributed by atoms with Crippen molar-refractivity contribution in [3.05, 3.63) is 33.9 Å². The molecule has 0 saturated heterocycles. The van der Waals surface area contributed by atoms with Gasteiger partial charge in [0.1, 0.15) is 0 Å². The first-order valence-electron chi connectivity index (χ1n) is 5.69. The Bertz CT molecular complexity index is 383. The van der Waals surface area contributed by atoms with E-state index in [4.69, 9.17) is 0 Å². The Kier molecular flexibility index (Phi) is 5.83. The zero-order valence-corrected chi connectivity index (χ0v) is 11.0. The molecule has 0 fully saturated rings. The number of benzene rings is 1. The van der Waals surface area contributed by atoms with Gasteiger partial charge in [0.25, 0.3) is 5.69 Å². The average Bonchev–Trinajstić information content (AvgIpc) is 2.34. The van der Waals surface area contributed by atoms with Crippen molar-refractivity contribution in [3.63, 3.8) is 0 Å². The van der Waals surface area contributed by atoms with Crippen LogP contribution in [0.4, 0.5) is 11.4 Å². The third kappa shape index (κ3) is 4.26. The minimum atomic E-state index is -0.314. The Balaban J connectivity index is 2.68. The molecule has 0 radical (unpaired) electrons. The number of hydrogen-bond donors (Lipinski definition) is 1. The molecular weight excluding hydrogens is 236 g/mol. The van der Waals surface area contributed by atoms with Gasteiger partial charge in [-0.25, -0.2) is 0 Å². The third-order valence-electron chi connectivity index (χ3n) is 2.52. The Morgan fingerprint density at radius 2 is 2.24 bits per heavy atom. The van der Waals surface area contributed by atoms with Crippen LogP contribution in [-0.2, 0) is 6.42 Å². The van der Waals surface area contributed by atoms with Crippen molar-refractivity contribution in [3.8, 4) is 0 Å². The zero-order chi connectivity index (χ0) is 12.7. The summed E-state index contributed by atoms with van der Waals surface area (Å²) in [4.78, 5) is 10.6. The molecular formula is C12H18N2O2S. The standard InChI is InChI=1S/C12H18N2O2S/c1-3-10-5-6-11(9-12(10)14(15)16)13-7-4-8-17-2/h5-6,9,13H,3-4,7-8H2,1-2H3. The summed E-state index contributed by atoms with van der Waals surface area (Å²) in [6.07, 6.45) is 3.81. The van der Waals surface area contributed by atoms with E-state index >= 15 is 0 Å². The second kappa shape index (κ2) is 7.17. The highest BCUT2D eigenvalue weighted by atomic mass is 32.2. The van der Waals surface area contributed by atoms with Crippen molar-refractivity contribution in [1.82, 2.24) is 0 Å².